The number of ether oxygens (including phenoxy) is 1. The number of nitrogens with zero attached hydrogens (tertiary/aromatic N) is 2. The molecule has 1 saturated heterocycles. The molecule has 1 aromatic carbocycles. The van der Waals surface area contributed by atoms with Gasteiger partial charge in [-0.3, -0.25) is 0 Å². The van der Waals surface area contributed by atoms with E-state index < -0.39 is 33.1 Å². The van der Waals surface area contributed by atoms with Crippen LogP contribution in [0.3, 0.4) is 0 Å². The summed E-state index contributed by atoms with van der Waals surface area (Å²) in [5.41, 5.74) is -2.78. The Labute approximate surface area is 169 Å². The molecule has 1 heterocycles. The molecule has 0 aliphatic carbocycles. The zero-order valence-corrected chi connectivity index (χ0v) is 17.8. The van der Waals surface area contributed by atoms with E-state index in [0.29, 0.717) is 17.8 Å². The fourth-order valence-corrected chi connectivity index (χ4v) is 4.93. The minimum Gasteiger partial charge on any atom is -0.496 e. The molecule has 0 saturated carbocycles. The molecule has 0 aromatic heterocycles. The number of halogens is 3. The third kappa shape index (κ3) is 4.85. The van der Waals surface area contributed by atoms with E-state index in [0.717, 1.165) is 0 Å². The summed E-state index contributed by atoms with van der Waals surface area (Å²) in [6.07, 6.45) is -4.00. The van der Waals surface area contributed by atoms with Gasteiger partial charge in [-0.15, -0.1) is 0 Å². The summed E-state index contributed by atoms with van der Waals surface area (Å²) in [6.45, 7) is 4.23. The molecule has 0 spiro atoms. The van der Waals surface area contributed by atoms with Crippen LogP contribution in [-0.2, 0) is 15.4 Å². The van der Waals surface area contributed by atoms with E-state index in [2.05, 4.69) is 4.99 Å². The second-order valence-corrected chi connectivity index (χ2v) is 9.65. The molecule has 1 aliphatic heterocycles. The largest absolute Gasteiger partial charge is 0.496 e. The van der Waals surface area contributed by atoms with Crippen LogP contribution in [0.5, 0.6) is 5.75 Å². The molecule has 0 amide bonds. The summed E-state index contributed by atoms with van der Waals surface area (Å²) >= 11 is 0. The Morgan fingerprint density at radius 2 is 1.90 bits per heavy atom. The Bertz CT molecular complexity index is 857. The van der Waals surface area contributed by atoms with Crippen molar-refractivity contribution in [3.05, 3.63) is 23.3 Å². The Kier molecular flexibility index (Phi) is 6.89. The van der Waals surface area contributed by atoms with Crippen molar-refractivity contribution in [2.45, 2.75) is 38.5 Å². The molecular weight excluding hydrogens is 409 g/mol. The average Bonchev–Trinajstić information content (AvgIpc) is 2.64. The van der Waals surface area contributed by atoms with Crippen molar-refractivity contribution in [1.82, 2.24) is 4.90 Å². The number of benzene rings is 1. The highest BCUT2D eigenvalue weighted by molar-refractivity contribution is 7.91. The van der Waals surface area contributed by atoms with Crippen LogP contribution in [0.2, 0.25) is 0 Å². The number of aryl methyl sites for hydroxylation is 1. The van der Waals surface area contributed by atoms with Gasteiger partial charge in [0.1, 0.15) is 15.6 Å². The van der Waals surface area contributed by atoms with E-state index in [4.69, 9.17) is 4.74 Å². The summed E-state index contributed by atoms with van der Waals surface area (Å²) in [7, 11) is -0.352. The zero-order valence-electron chi connectivity index (χ0n) is 17.0. The molecule has 0 radical (unpaired) electrons. The lowest BCUT2D eigenvalue weighted by molar-refractivity contribution is -0.288. The van der Waals surface area contributed by atoms with E-state index in [1.165, 1.54) is 19.2 Å². The minimum absolute atomic E-state index is 0.143. The molecule has 6 nitrogen and oxygen atoms in total. The second-order valence-electron chi connectivity index (χ2n) is 7.35. The van der Waals surface area contributed by atoms with Gasteiger partial charge in [0.2, 0.25) is 0 Å². The van der Waals surface area contributed by atoms with Crippen LogP contribution < -0.4 is 4.74 Å². The van der Waals surface area contributed by atoms with Crippen molar-refractivity contribution in [1.29, 1.82) is 0 Å². The maximum absolute atomic E-state index is 14.1. The van der Waals surface area contributed by atoms with E-state index in [9.17, 15) is 26.7 Å². The smallest absolute Gasteiger partial charge is 0.421 e. The van der Waals surface area contributed by atoms with Crippen LogP contribution in [0, 0.1) is 12.8 Å². The predicted octanol–water partition coefficient (Wildman–Crippen LogP) is 3.19. The van der Waals surface area contributed by atoms with Crippen LogP contribution in [-0.4, -0.2) is 63.1 Å². The first-order valence-corrected chi connectivity index (χ1v) is 11.1. The molecule has 1 aliphatic rings. The van der Waals surface area contributed by atoms with Gasteiger partial charge in [-0.1, -0.05) is 0 Å². The van der Waals surface area contributed by atoms with Gasteiger partial charge >= 0.3 is 6.18 Å². The quantitative estimate of drug-likeness (QED) is 0.547. The number of hydrogen-bond donors (Lipinski definition) is 1. The maximum atomic E-state index is 14.1. The Balaban J connectivity index is 2.57. The van der Waals surface area contributed by atoms with Crippen molar-refractivity contribution >= 4 is 21.9 Å². The summed E-state index contributed by atoms with van der Waals surface area (Å²) < 4.78 is 70.9. The predicted molar refractivity (Wildman–Crippen MR) is 106 cm³/mol. The third-order valence-electron chi connectivity index (χ3n) is 5.40. The fraction of sp³-hybridized carbons (Fsp3) is 0.632. The molecule has 0 bridgehead atoms. The van der Waals surface area contributed by atoms with Gasteiger partial charge < -0.3 is 14.7 Å². The number of hydrogen-bond acceptors (Lipinski definition) is 5. The molecule has 164 valence electrons. The number of rotatable bonds is 6. The van der Waals surface area contributed by atoms with Crippen molar-refractivity contribution in [2.75, 3.05) is 32.2 Å². The Hall–Kier alpha value is -1.81. The average molecular weight is 436 g/mol. The number of sulfone groups is 1. The van der Waals surface area contributed by atoms with E-state index in [1.807, 2.05) is 14.0 Å². The molecule has 1 aromatic rings. The lowest BCUT2D eigenvalue weighted by atomic mass is 9.76. The van der Waals surface area contributed by atoms with Gasteiger partial charge in [-0.05, 0) is 38.3 Å². The summed E-state index contributed by atoms with van der Waals surface area (Å²) in [6, 6.07) is 2.59. The van der Waals surface area contributed by atoms with Crippen molar-refractivity contribution < 1.29 is 31.4 Å². The van der Waals surface area contributed by atoms with Crippen LogP contribution >= 0.6 is 0 Å². The number of alkyl halides is 3. The third-order valence-corrected chi connectivity index (χ3v) is 7.11. The molecule has 1 N–H and O–H groups in total. The van der Waals surface area contributed by atoms with E-state index in [1.54, 1.807) is 18.2 Å². The van der Waals surface area contributed by atoms with Gasteiger partial charge in [-0.2, -0.15) is 13.2 Å². The first-order valence-electron chi connectivity index (χ1n) is 9.28. The summed E-state index contributed by atoms with van der Waals surface area (Å²) in [4.78, 5) is 6.08. The van der Waals surface area contributed by atoms with Crippen LogP contribution in [0.4, 0.5) is 18.9 Å². The first kappa shape index (κ1) is 23.5. The summed E-state index contributed by atoms with van der Waals surface area (Å²) in [5.74, 6) is -2.21. The normalized spacial score (nSPS) is 19.9. The Morgan fingerprint density at radius 1 is 1.31 bits per heavy atom. The SMILES string of the molecule is CCN(C)/C=N\c1cc(OC)c(C(O)(C2CCS(=O)(=O)CC2)C(F)(F)F)cc1C. The van der Waals surface area contributed by atoms with Gasteiger partial charge in [0.25, 0.3) is 0 Å². The van der Waals surface area contributed by atoms with Crippen LogP contribution in [0.1, 0.15) is 30.9 Å². The zero-order chi connectivity index (χ0) is 22.0. The Morgan fingerprint density at radius 3 is 2.38 bits per heavy atom. The lowest BCUT2D eigenvalue weighted by Crippen LogP contribution is -2.51. The monoisotopic (exact) mass is 436 g/mol. The van der Waals surface area contributed by atoms with Gasteiger partial charge in [-0.25, -0.2) is 13.4 Å². The molecule has 1 fully saturated rings. The van der Waals surface area contributed by atoms with Gasteiger partial charge in [0.15, 0.2) is 5.60 Å². The molecular formula is C19H27F3N2O4S. The van der Waals surface area contributed by atoms with Crippen molar-refractivity contribution in [3.8, 4) is 5.75 Å². The first-order chi connectivity index (χ1) is 13.4. The highest BCUT2D eigenvalue weighted by Gasteiger charge is 2.61. The molecule has 29 heavy (non-hydrogen) atoms. The number of aliphatic imine (C=N–C) groups is 1. The van der Waals surface area contributed by atoms with Crippen LogP contribution in [0.15, 0.2) is 17.1 Å². The summed E-state index contributed by atoms with van der Waals surface area (Å²) in [5, 5.41) is 11.0. The van der Waals surface area contributed by atoms with Crippen molar-refractivity contribution in [2.24, 2.45) is 10.9 Å². The highest BCUT2D eigenvalue weighted by Crippen LogP contribution is 2.51. The van der Waals surface area contributed by atoms with Crippen LogP contribution in [0.25, 0.3) is 0 Å². The molecule has 1 unspecified atom stereocenters. The fourth-order valence-electron chi connectivity index (χ4n) is 3.44. The molecule has 1 atom stereocenters. The molecule has 2 rings (SSSR count). The lowest BCUT2D eigenvalue weighted by Gasteiger charge is -2.40. The van der Waals surface area contributed by atoms with Gasteiger partial charge in [0.05, 0.1) is 30.6 Å². The molecule has 10 heteroatoms. The highest BCUT2D eigenvalue weighted by atomic mass is 32.2. The van der Waals surface area contributed by atoms with Gasteiger partial charge in [0, 0.05) is 31.1 Å². The minimum atomic E-state index is -5.01. The van der Waals surface area contributed by atoms with E-state index in [-0.39, 0.29) is 30.1 Å². The topological polar surface area (TPSA) is 79.2 Å². The number of aliphatic hydroxyl groups is 1. The number of methoxy groups -OCH3 is 1. The standard InChI is InChI=1S/C19H27F3N2O4S/c1-5-24(3)12-23-16-11-17(28-4)15(10-13(16)2)18(25,19(20,21)22)14-6-8-29(26,27)9-7-14/h10-12,14,25H,5-9H2,1-4H3/b23-12-. The maximum Gasteiger partial charge on any atom is 0.421 e. The van der Waals surface area contributed by atoms with E-state index >= 15 is 0 Å². The second kappa shape index (κ2) is 8.51. The van der Waals surface area contributed by atoms with Crippen molar-refractivity contribution in [3.63, 3.8) is 0 Å².